The van der Waals surface area contributed by atoms with E-state index in [9.17, 15) is 5.11 Å². The van der Waals surface area contributed by atoms with Crippen molar-refractivity contribution in [1.29, 1.82) is 0 Å². The molecular formula is C13H13N3O. The second-order valence-corrected chi connectivity index (χ2v) is 3.57. The van der Waals surface area contributed by atoms with Gasteiger partial charge in [-0.15, -0.1) is 0 Å². The lowest BCUT2D eigenvalue weighted by Crippen LogP contribution is -2.34. The third kappa shape index (κ3) is 2.87. The summed E-state index contributed by atoms with van der Waals surface area (Å²) in [6, 6.07) is 9.05. The highest BCUT2D eigenvalue weighted by atomic mass is 16.3. The molecule has 0 saturated carbocycles. The highest BCUT2D eigenvalue weighted by Crippen LogP contribution is 1.95. The molecule has 0 saturated heterocycles. The number of hydrogen-bond donors (Lipinski definition) is 0. The molecule has 4 nitrogen and oxygen atoms in total. The average molecular weight is 227 g/mol. The molecule has 17 heavy (non-hydrogen) atoms. The zero-order valence-corrected chi connectivity index (χ0v) is 9.58. The summed E-state index contributed by atoms with van der Waals surface area (Å²) >= 11 is 0. The van der Waals surface area contributed by atoms with Crippen LogP contribution >= 0.6 is 0 Å². The summed E-state index contributed by atoms with van der Waals surface area (Å²) in [5, 5.41) is 15.7. The first-order valence-corrected chi connectivity index (χ1v) is 5.47. The minimum absolute atomic E-state index is 0.344. The van der Waals surface area contributed by atoms with Crippen LogP contribution in [0.15, 0.2) is 54.0 Å². The van der Waals surface area contributed by atoms with Crippen LogP contribution in [0.5, 0.6) is 0 Å². The van der Waals surface area contributed by atoms with E-state index in [1.165, 1.54) is 4.68 Å². The molecule has 4 heteroatoms. The number of nitrogens with zero attached hydrogens (tertiary/aromatic N) is 3. The summed E-state index contributed by atoms with van der Waals surface area (Å²) in [7, 11) is 0. The SMILES string of the molecule is CCc1ccc[n+](/N=C(\[O-])c2ccccn2)c1. The van der Waals surface area contributed by atoms with Crippen LogP contribution in [-0.4, -0.2) is 10.9 Å². The monoisotopic (exact) mass is 227 g/mol. The van der Waals surface area contributed by atoms with Gasteiger partial charge in [0.05, 0.1) is 11.6 Å². The predicted octanol–water partition coefficient (Wildman–Crippen LogP) is 0.502. The van der Waals surface area contributed by atoms with Crippen LogP contribution in [0.1, 0.15) is 18.2 Å². The van der Waals surface area contributed by atoms with E-state index in [0.29, 0.717) is 5.69 Å². The lowest BCUT2D eigenvalue weighted by molar-refractivity contribution is -0.681. The molecule has 2 aromatic heterocycles. The second kappa shape index (κ2) is 5.21. The maximum absolute atomic E-state index is 11.8. The highest BCUT2D eigenvalue weighted by Gasteiger charge is 2.01. The van der Waals surface area contributed by atoms with E-state index in [1.807, 2.05) is 18.3 Å². The van der Waals surface area contributed by atoms with E-state index < -0.39 is 0 Å². The first-order valence-electron chi connectivity index (χ1n) is 5.47. The van der Waals surface area contributed by atoms with Gasteiger partial charge in [0.25, 0.3) is 0 Å². The van der Waals surface area contributed by atoms with Crippen LogP contribution in [0.4, 0.5) is 0 Å². The van der Waals surface area contributed by atoms with Crippen molar-refractivity contribution in [3.05, 3.63) is 60.2 Å². The lowest BCUT2D eigenvalue weighted by Gasteiger charge is -2.04. The van der Waals surface area contributed by atoms with Gasteiger partial charge in [0.2, 0.25) is 12.4 Å². The van der Waals surface area contributed by atoms with E-state index in [2.05, 4.69) is 17.0 Å². The molecule has 0 amide bonds. The molecule has 0 aliphatic rings. The molecule has 0 aliphatic carbocycles. The fraction of sp³-hybridized carbons (Fsp3) is 0.154. The summed E-state index contributed by atoms with van der Waals surface area (Å²) in [5.74, 6) is -0.344. The van der Waals surface area contributed by atoms with Gasteiger partial charge in [-0.1, -0.05) is 17.7 Å². The third-order valence-electron chi connectivity index (χ3n) is 2.35. The number of pyridine rings is 2. The number of aromatic nitrogens is 2. The minimum atomic E-state index is -0.344. The fourth-order valence-electron chi connectivity index (χ4n) is 1.43. The lowest BCUT2D eigenvalue weighted by atomic mass is 10.2. The molecule has 0 atom stereocenters. The molecular weight excluding hydrogens is 214 g/mol. The Bertz CT molecular complexity index is 523. The zero-order chi connectivity index (χ0) is 12.1. The van der Waals surface area contributed by atoms with Gasteiger partial charge in [0.1, 0.15) is 0 Å². The Labute approximate surface area is 99.9 Å². The van der Waals surface area contributed by atoms with Crippen molar-refractivity contribution in [2.24, 2.45) is 5.10 Å². The molecule has 2 heterocycles. The van der Waals surface area contributed by atoms with Crippen molar-refractivity contribution < 1.29 is 9.78 Å². The molecule has 2 rings (SSSR count). The van der Waals surface area contributed by atoms with E-state index in [4.69, 9.17) is 0 Å². The van der Waals surface area contributed by atoms with Gasteiger partial charge in [-0.2, -0.15) is 0 Å². The normalized spacial score (nSPS) is 11.5. The first-order chi connectivity index (χ1) is 8.29. The summed E-state index contributed by atoms with van der Waals surface area (Å²) in [6.45, 7) is 2.06. The van der Waals surface area contributed by atoms with E-state index >= 15 is 0 Å². The first kappa shape index (κ1) is 11.3. The van der Waals surface area contributed by atoms with Crippen molar-refractivity contribution in [3.8, 4) is 0 Å². The molecule has 0 aromatic carbocycles. The molecule has 0 spiro atoms. The number of hydrogen-bond acceptors (Lipinski definition) is 3. The largest absolute Gasteiger partial charge is 0.853 e. The van der Waals surface area contributed by atoms with Gasteiger partial charge < -0.3 is 5.11 Å². The Morgan fingerprint density at radius 3 is 2.94 bits per heavy atom. The highest BCUT2D eigenvalue weighted by molar-refractivity contribution is 5.87. The van der Waals surface area contributed by atoms with Gasteiger partial charge in [0, 0.05) is 17.8 Å². The van der Waals surface area contributed by atoms with Crippen LogP contribution in [0, 0.1) is 0 Å². The molecule has 0 unspecified atom stereocenters. The van der Waals surface area contributed by atoms with Gasteiger partial charge >= 0.3 is 0 Å². The number of rotatable bonds is 3. The van der Waals surface area contributed by atoms with Crippen molar-refractivity contribution in [2.75, 3.05) is 0 Å². The summed E-state index contributed by atoms with van der Waals surface area (Å²) < 4.78 is 1.52. The van der Waals surface area contributed by atoms with Crippen LogP contribution < -0.4 is 9.78 Å². The second-order valence-electron chi connectivity index (χ2n) is 3.57. The molecule has 0 N–H and O–H groups in total. The summed E-state index contributed by atoms with van der Waals surface area (Å²) in [4.78, 5) is 3.96. The Balaban J connectivity index is 2.29. The van der Waals surface area contributed by atoms with Crippen molar-refractivity contribution in [2.45, 2.75) is 13.3 Å². The zero-order valence-electron chi connectivity index (χ0n) is 9.58. The maximum atomic E-state index is 11.8. The van der Waals surface area contributed by atoms with E-state index in [1.54, 1.807) is 30.6 Å². The van der Waals surface area contributed by atoms with Gasteiger partial charge in [-0.25, -0.2) is 0 Å². The Morgan fingerprint density at radius 1 is 1.35 bits per heavy atom. The van der Waals surface area contributed by atoms with Crippen molar-refractivity contribution in [1.82, 2.24) is 4.98 Å². The molecule has 0 radical (unpaired) electrons. The maximum Gasteiger partial charge on any atom is 0.205 e. The Hall–Kier alpha value is -2.23. The minimum Gasteiger partial charge on any atom is -0.853 e. The Morgan fingerprint density at radius 2 is 2.24 bits per heavy atom. The van der Waals surface area contributed by atoms with Crippen molar-refractivity contribution >= 4 is 5.90 Å². The number of aryl methyl sites for hydroxylation is 1. The molecule has 0 fully saturated rings. The van der Waals surface area contributed by atoms with Gasteiger partial charge in [0.15, 0.2) is 0 Å². The molecule has 0 aliphatic heterocycles. The Kier molecular flexibility index (Phi) is 3.45. The summed E-state index contributed by atoms with van der Waals surface area (Å²) in [6.07, 6.45) is 6.06. The smallest absolute Gasteiger partial charge is 0.205 e. The molecule has 2 aromatic rings. The van der Waals surface area contributed by atoms with Crippen LogP contribution in [0.3, 0.4) is 0 Å². The topological polar surface area (TPSA) is 52.2 Å². The van der Waals surface area contributed by atoms with Gasteiger partial charge in [-0.05, 0) is 29.7 Å². The van der Waals surface area contributed by atoms with Crippen LogP contribution in [0.2, 0.25) is 0 Å². The predicted molar refractivity (Wildman–Crippen MR) is 62.2 cm³/mol. The van der Waals surface area contributed by atoms with Crippen LogP contribution in [0.25, 0.3) is 0 Å². The van der Waals surface area contributed by atoms with Gasteiger partial charge in [-0.3, -0.25) is 4.98 Å². The quantitative estimate of drug-likeness (QED) is 0.435. The fourth-order valence-corrected chi connectivity index (χ4v) is 1.43. The molecule has 0 bridgehead atoms. The third-order valence-corrected chi connectivity index (χ3v) is 2.35. The van der Waals surface area contributed by atoms with E-state index in [-0.39, 0.29) is 5.90 Å². The van der Waals surface area contributed by atoms with E-state index in [0.717, 1.165) is 12.0 Å². The summed E-state index contributed by atoms with van der Waals surface area (Å²) in [5.41, 5.74) is 1.48. The van der Waals surface area contributed by atoms with Crippen LogP contribution in [-0.2, 0) is 6.42 Å². The molecule has 86 valence electrons. The van der Waals surface area contributed by atoms with Crippen molar-refractivity contribution in [3.63, 3.8) is 0 Å². The standard InChI is InChI=1S/C13H13N3O/c1-2-11-6-5-9-16(10-11)15-13(17)12-7-3-4-8-14-12/h3-10H,2H2,1H3. The average Bonchev–Trinajstić information content (AvgIpc) is 2.40.